The van der Waals surface area contributed by atoms with Crippen LogP contribution in [0.15, 0.2) is 6.33 Å². The van der Waals surface area contributed by atoms with Crippen molar-refractivity contribution in [3.63, 3.8) is 0 Å². The minimum Gasteiger partial charge on any atom is -0.486 e. The van der Waals surface area contributed by atoms with E-state index in [-0.39, 0.29) is 32.7 Å². The minimum absolute atomic E-state index is 0. The summed E-state index contributed by atoms with van der Waals surface area (Å²) in [5.41, 5.74) is 0. The van der Waals surface area contributed by atoms with Gasteiger partial charge in [-0.3, -0.25) is 10.2 Å². The van der Waals surface area contributed by atoms with E-state index >= 15 is 0 Å². The molecule has 0 bridgehead atoms. The number of rotatable bonds is 0. The van der Waals surface area contributed by atoms with Gasteiger partial charge in [0.2, 0.25) is 0 Å². The molecular weight excluding hydrogens is 167 g/mol. The van der Waals surface area contributed by atoms with E-state index in [1.54, 1.807) is 10.9 Å². The van der Waals surface area contributed by atoms with Crippen LogP contribution >= 0.6 is 0 Å². The van der Waals surface area contributed by atoms with Crippen LogP contribution in [0.2, 0.25) is 0 Å². The maximum Gasteiger partial charge on any atom is 0 e. The summed E-state index contributed by atoms with van der Waals surface area (Å²) in [7, 11) is 1.82. The SMILES string of the molecule is Cn1[c-]nnc1.[Y]. The van der Waals surface area contributed by atoms with Gasteiger partial charge in [-0.1, -0.05) is 0 Å². The maximum atomic E-state index is 3.48. The van der Waals surface area contributed by atoms with Gasteiger partial charge in [0.1, 0.15) is 0 Å². The van der Waals surface area contributed by atoms with Crippen molar-refractivity contribution in [3.05, 3.63) is 12.7 Å². The zero-order valence-electron chi connectivity index (χ0n) is 4.00. The Bertz CT molecular complexity index is 114. The quantitative estimate of drug-likeness (QED) is 0.498. The van der Waals surface area contributed by atoms with Gasteiger partial charge >= 0.3 is 0 Å². The largest absolute Gasteiger partial charge is 0.486 e. The fourth-order valence-electron chi connectivity index (χ4n) is 0.225. The first-order chi connectivity index (χ1) is 2.89. The Hall–Kier alpha value is 0.244. The molecule has 1 heterocycles. The Morgan fingerprint density at radius 1 is 1.71 bits per heavy atom. The summed E-state index contributed by atoms with van der Waals surface area (Å²) < 4.78 is 1.65. The molecule has 0 aliphatic heterocycles. The summed E-state index contributed by atoms with van der Waals surface area (Å²) in [6, 6.07) is 0. The van der Waals surface area contributed by atoms with E-state index in [1.807, 2.05) is 7.05 Å². The summed E-state index contributed by atoms with van der Waals surface area (Å²) >= 11 is 0. The molecule has 4 heteroatoms. The molecule has 1 aromatic heterocycles. The van der Waals surface area contributed by atoms with Crippen LogP contribution in [-0.4, -0.2) is 14.8 Å². The van der Waals surface area contributed by atoms with Crippen LogP contribution in [0.5, 0.6) is 0 Å². The predicted octanol–water partition coefficient (Wildman–Crippen LogP) is -0.387. The van der Waals surface area contributed by atoms with Crippen molar-refractivity contribution in [2.75, 3.05) is 0 Å². The van der Waals surface area contributed by atoms with E-state index in [2.05, 4.69) is 16.5 Å². The smallest absolute Gasteiger partial charge is 0 e. The van der Waals surface area contributed by atoms with E-state index in [4.69, 9.17) is 0 Å². The maximum absolute atomic E-state index is 3.48. The van der Waals surface area contributed by atoms with Gasteiger partial charge in [0, 0.05) is 32.7 Å². The fraction of sp³-hybridized carbons (Fsp3) is 0.333. The molecule has 0 aromatic carbocycles. The molecule has 7 heavy (non-hydrogen) atoms. The third-order valence-corrected chi connectivity index (χ3v) is 0.485. The molecule has 0 fully saturated rings. The van der Waals surface area contributed by atoms with Crippen LogP contribution in [0.3, 0.4) is 0 Å². The van der Waals surface area contributed by atoms with Crippen molar-refractivity contribution in [1.82, 2.24) is 14.8 Å². The Morgan fingerprint density at radius 2 is 2.43 bits per heavy atom. The molecule has 3 nitrogen and oxygen atoms in total. The fourth-order valence-corrected chi connectivity index (χ4v) is 0.225. The van der Waals surface area contributed by atoms with Crippen molar-refractivity contribution in [2.45, 2.75) is 0 Å². The van der Waals surface area contributed by atoms with Crippen molar-refractivity contribution in [2.24, 2.45) is 7.05 Å². The molecule has 1 radical (unpaired) electrons. The van der Waals surface area contributed by atoms with Gasteiger partial charge in [-0.25, -0.2) is 0 Å². The first kappa shape index (κ1) is 7.24. The average molecular weight is 171 g/mol. The standard InChI is InChI=1S/C3H4N3.Y/c1-6-2-4-5-3-6;/h2H,1H3;/q-1;. The van der Waals surface area contributed by atoms with Crippen LogP contribution in [0.25, 0.3) is 0 Å². The van der Waals surface area contributed by atoms with Crippen LogP contribution < -0.4 is 0 Å². The summed E-state index contributed by atoms with van der Waals surface area (Å²) in [4.78, 5) is 0. The molecule has 0 aliphatic carbocycles. The molecule has 0 saturated carbocycles. The summed E-state index contributed by atoms with van der Waals surface area (Å²) in [6.07, 6.45) is 4.14. The van der Waals surface area contributed by atoms with Gasteiger partial charge in [0.15, 0.2) is 0 Å². The summed E-state index contributed by atoms with van der Waals surface area (Å²) in [5, 5.41) is 6.89. The molecular formula is C3H4N3Y-. The third-order valence-electron chi connectivity index (χ3n) is 0.485. The number of hydrogen-bond acceptors (Lipinski definition) is 2. The van der Waals surface area contributed by atoms with Gasteiger partial charge in [0.25, 0.3) is 0 Å². The third kappa shape index (κ3) is 2.14. The van der Waals surface area contributed by atoms with Gasteiger partial charge in [-0.15, -0.1) is 0 Å². The second-order valence-corrected chi connectivity index (χ2v) is 1.04. The van der Waals surface area contributed by atoms with Gasteiger partial charge in [0.05, 0.1) is 0 Å². The number of nitrogens with zero attached hydrogens (tertiary/aromatic N) is 3. The van der Waals surface area contributed by atoms with Crippen molar-refractivity contribution in [1.29, 1.82) is 0 Å². The van der Waals surface area contributed by atoms with Gasteiger partial charge in [-0.05, 0) is 19.7 Å². The summed E-state index contributed by atoms with van der Waals surface area (Å²) in [5.74, 6) is 0. The zero-order valence-corrected chi connectivity index (χ0v) is 6.83. The molecule has 0 amide bonds. The molecule has 0 N–H and O–H groups in total. The van der Waals surface area contributed by atoms with Crippen LogP contribution in [0, 0.1) is 6.33 Å². The molecule has 35 valence electrons. The molecule has 0 atom stereocenters. The number of aryl methyl sites for hydroxylation is 1. The Kier molecular flexibility index (Phi) is 3.39. The van der Waals surface area contributed by atoms with E-state index in [0.717, 1.165) is 0 Å². The normalized spacial score (nSPS) is 7.57. The minimum atomic E-state index is 0. The molecule has 0 unspecified atom stereocenters. The van der Waals surface area contributed by atoms with Crippen LogP contribution in [0.4, 0.5) is 0 Å². The average Bonchev–Trinajstić information content (AvgIpc) is 1.86. The van der Waals surface area contributed by atoms with Crippen LogP contribution in [0.1, 0.15) is 0 Å². The summed E-state index contributed by atoms with van der Waals surface area (Å²) in [6.45, 7) is 0. The number of aromatic nitrogens is 3. The molecule has 0 aliphatic rings. The zero-order chi connectivity index (χ0) is 4.41. The van der Waals surface area contributed by atoms with E-state index in [9.17, 15) is 0 Å². The predicted molar refractivity (Wildman–Crippen MR) is 19.8 cm³/mol. The van der Waals surface area contributed by atoms with Crippen molar-refractivity contribution >= 4 is 0 Å². The first-order valence-corrected chi connectivity index (χ1v) is 1.61. The monoisotopic (exact) mass is 171 g/mol. The van der Waals surface area contributed by atoms with E-state index < -0.39 is 0 Å². The second kappa shape index (κ2) is 3.27. The van der Waals surface area contributed by atoms with Gasteiger partial charge in [-0.2, -0.15) is 0 Å². The Balaban J connectivity index is 0.000000360. The number of hydrogen-bond donors (Lipinski definition) is 0. The first-order valence-electron chi connectivity index (χ1n) is 1.61. The topological polar surface area (TPSA) is 30.7 Å². The molecule has 0 saturated heterocycles. The Labute approximate surface area is 67.0 Å². The van der Waals surface area contributed by atoms with Crippen molar-refractivity contribution in [3.8, 4) is 0 Å². The van der Waals surface area contributed by atoms with Gasteiger partial charge < -0.3 is 4.57 Å². The van der Waals surface area contributed by atoms with E-state index in [0.29, 0.717) is 0 Å². The van der Waals surface area contributed by atoms with Crippen LogP contribution in [-0.2, 0) is 39.8 Å². The second-order valence-electron chi connectivity index (χ2n) is 1.04. The van der Waals surface area contributed by atoms with Crippen molar-refractivity contribution < 1.29 is 32.7 Å². The molecule has 1 aromatic rings. The molecule has 1 rings (SSSR count). The molecule has 0 spiro atoms. The van der Waals surface area contributed by atoms with E-state index in [1.165, 1.54) is 0 Å². The Morgan fingerprint density at radius 3 is 2.57 bits per heavy atom.